The minimum Gasteiger partial charge on any atom is -0.494 e. The van der Waals surface area contributed by atoms with Gasteiger partial charge in [-0.05, 0) is 62.2 Å². The van der Waals surface area contributed by atoms with E-state index in [-0.39, 0.29) is 10.8 Å². The molecule has 0 bridgehead atoms. The Morgan fingerprint density at radius 1 is 1.00 bits per heavy atom. The highest BCUT2D eigenvalue weighted by molar-refractivity contribution is 7.89. The number of hydrogen-bond donors (Lipinski definition) is 1. The summed E-state index contributed by atoms with van der Waals surface area (Å²) in [5.74, 6) is 0.682. The maximum atomic E-state index is 13.2. The number of nitrogens with one attached hydrogen (secondary N) is 1. The van der Waals surface area contributed by atoms with Crippen molar-refractivity contribution in [3.05, 3.63) is 48.0 Å². The van der Waals surface area contributed by atoms with Crippen molar-refractivity contribution in [3.63, 3.8) is 0 Å². The van der Waals surface area contributed by atoms with Gasteiger partial charge in [-0.1, -0.05) is 38.0 Å². The van der Waals surface area contributed by atoms with Gasteiger partial charge in [0.1, 0.15) is 5.75 Å². The number of benzene rings is 2. The molecule has 11 heteroatoms. The van der Waals surface area contributed by atoms with Crippen LogP contribution >= 0.6 is 11.3 Å². The van der Waals surface area contributed by atoms with Gasteiger partial charge < -0.3 is 15.0 Å². The van der Waals surface area contributed by atoms with E-state index in [9.17, 15) is 13.2 Å². The average Bonchev–Trinajstić information content (AvgIpc) is 3.41. The van der Waals surface area contributed by atoms with E-state index in [4.69, 9.17) is 9.72 Å². The van der Waals surface area contributed by atoms with Crippen LogP contribution in [0.15, 0.2) is 47.4 Å². The third kappa shape index (κ3) is 8.18. The maximum Gasteiger partial charge on any atom is 0.251 e. The third-order valence-electron chi connectivity index (χ3n) is 7.29. The topological polar surface area (TPSA) is 95.1 Å². The number of piperazine rings is 1. The fourth-order valence-corrected chi connectivity index (χ4v) is 7.39. The van der Waals surface area contributed by atoms with E-state index < -0.39 is 10.0 Å². The first-order valence-corrected chi connectivity index (χ1v) is 17.0. The minimum absolute atomic E-state index is 0.192. The first kappa shape index (κ1) is 31.2. The van der Waals surface area contributed by atoms with Crippen LogP contribution in [-0.4, -0.2) is 87.5 Å². The second kappa shape index (κ2) is 14.9. The lowest BCUT2D eigenvalue weighted by molar-refractivity contribution is 0.0947. The molecule has 0 aliphatic carbocycles. The van der Waals surface area contributed by atoms with Crippen molar-refractivity contribution in [1.82, 2.24) is 19.5 Å². The van der Waals surface area contributed by atoms with Crippen LogP contribution in [-0.2, 0) is 10.0 Å². The number of carbonyl (C=O) groups is 1. The normalized spacial score (nSPS) is 14.6. The third-order valence-corrected chi connectivity index (χ3v) is 10.3. The molecule has 4 rings (SSSR count). The van der Waals surface area contributed by atoms with Crippen molar-refractivity contribution >= 4 is 42.6 Å². The molecular weight excluding hydrogens is 558 g/mol. The summed E-state index contributed by atoms with van der Waals surface area (Å²) < 4.78 is 34.7. The Morgan fingerprint density at radius 3 is 2.32 bits per heavy atom. The van der Waals surface area contributed by atoms with Crippen LogP contribution in [0.2, 0.25) is 0 Å². The Hall–Kier alpha value is -2.73. The molecule has 3 aromatic rings. The fourth-order valence-electron chi connectivity index (χ4n) is 4.83. The second-order valence-electron chi connectivity index (χ2n) is 10.3. The monoisotopic (exact) mass is 601 g/mol. The van der Waals surface area contributed by atoms with Gasteiger partial charge in [0.05, 0.1) is 21.7 Å². The molecule has 1 N–H and O–H groups in total. The zero-order valence-electron chi connectivity index (χ0n) is 24.5. The van der Waals surface area contributed by atoms with Gasteiger partial charge in [0.2, 0.25) is 10.0 Å². The van der Waals surface area contributed by atoms with E-state index in [1.54, 1.807) is 39.9 Å². The molecule has 1 aromatic heterocycles. The van der Waals surface area contributed by atoms with Gasteiger partial charge in [0.15, 0.2) is 5.13 Å². The Kier molecular flexibility index (Phi) is 11.4. The molecule has 1 amide bonds. The van der Waals surface area contributed by atoms with Crippen LogP contribution < -0.4 is 15.0 Å². The SMILES string of the molecule is CCCCN(CCCC)S(=O)(=O)c1ccc(C(=O)NCCN2CCN(c3nc4ccc(OCC)cc4s3)CC2)cc1. The van der Waals surface area contributed by atoms with Crippen LogP contribution in [0.25, 0.3) is 10.2 Å². The molecule has 1 saturated heterocycles. The Labute approximate surface area is 248 Å². The van der Waals surface area contributed by atoms with Crippen LogP contribution in [0.3, 0.4) is 0 Å². The summed E-state index contributed by atoms with van der Waals surface area (Å²) in [5, 5.41) is 4.02. The molecule has 0 saturated carbocycles. The van der Waals surface area contributed by atoms with Gasteiger partial charge in [-0.2, -0.15) is 4.31 Å². The number of carbonyl (C=O) groups excluding carboxylic acids is 1. The summed E-state index contributed by atoms with van der Waals surface area (Å²) >= 11 is 1.69. The zero-order valence-corrected chi connectivity index (χ0v) is 26.1. The predicted octanol–water partition coefficient (Wildman–Crippen LogP) is 4.84. The molecular formula is C30H43N5O4S2. The molecule has 2 heterocycles. The number of unbranched alkanes of at least 4 members (excludes halogenated alkanes) is 2. The number of nitrogens with zero attached hydrogens (tertiary/aromatic N) is 4. The molecule has 2 aromatic carbocycles. The maximum absolute atomic E-state index is 13.2. The first-order valence-electron chi connectivity index (χ1n) is 14.7. The van der Waals surface area contributed by atoms with Gasteiger partial charge in [-0.15, -0.1) is 0 Å². The van der Waals surface area contributed by atoms with Crippen molar-refractivity contribution in [1.29, 1.82) is 0 Å². The van der Waals surface area contributed by atoms with Crippen molar-refractivity contribution in [2.75, 3.05) is 63.9 Å². The summed E-state index contributed by atoms with van der Waals surface area (Å²) in [5.41, 5.74) is 1.46. The lowest BCUT2D eigenvalue weighted by Crippen LogP contribution is -2.48. The summed E-state index contributed by atoms with van der Waals surface area (Å²) in [6.45, 7) is 12.6. The number of thiazole rings is 1. The van der Waals surface area contributed by atoms with Gasteiger partial charge in [0, 0.05) is 57.9 Å². The molecule has 41 heavy (non-hydrogen) atoms. The number of amides is 1. The van der Waals surface area contributed by atoms with E-state index >= 15 is 0 Å². The zero-order chi connectivity index (χ0) is 29.2. The van der Waals surface area contributed by atoms with Crippen LogP contribution in [0.5, 0.6) is 5.75 Å². The number of anilines is 1. The summed E-state index contributed by atoms with van der Waals surface area (Å²) in [6, 6.07) is 12.3. The van der Waals surface area contributed by atoms with Crippen molar-refractivity contribution in [2.24, 2.45) is 0 Å². The number of fused-ring (bicyclic) bond motifs is 1. The number of aromatic nitrogens is 1. The standard InChI is InChI=1S/C30H43N5O4S2/c1-4-7-16-35(17-8-5-2)41(37,38)26-12-9-24(10-13-26)29(36)31-15-18-33-19-21-34(22-20-33)30-32-27-14-11-25(39-6-3)23-28(27)40-30/h9-14,23H,4-8,15-22H2,1-3H3,(H,31,36). The summed E-state index contributed by atoms with van der Waals surface area (Å²) in [4.78, 5) is 22.4. The Balaban J connectivity index is 1.24. The molecule has 1 aliphatic rings. The second-order valence-corrected chi connectivity index (χ2v) is 13.2. The van der Waals surface area contributed by atoms with Crippen LogP contribution in [0.1, 0.15) is 56.8 Å². The quantitative estimate of drug-likeness (QED) is 0.266. The molecule has 1 fully saturated rings. The van der Waals surface area contributed by atoms with Gasteiger partial charge in [-0.3, -0.25) is 9.69 Å². The van der Waals surface area contributed by atoms with Crippen molar-refractivity contribution in [3.8, 4) is 5.75 Å². The number of ether oxygens (including phenoxy) is 1. The summed E-state index contributed by atoms with van der Waals surface area (Å²) in [7, 11) is -3.57. The molecule has 0 radical (unpaired) electrons. The number of hydrogen-bond acceptors (Lipinski definition) is 8. The van der Waals surface area contributed by atoms with Crippen molar-refractivity contribution in [2.45, 2.75) is 51.3 Å². The minimum atomic E-state index is -3.57. The van der Waals surface area contributed by atoms with Crippen LogP contribution in [0, 0.1) is 0 Å². The molecule has 0 unspecified atom stereocenters. The highest BCUT2D eigenvalue weighted by Crippen LogP contribution is 2.32. The smallest absolute Gasteiger partial charge is 0.251 e. The predicted molar refractivity (Wildman–Crippen MR) is 167 cm³/mol. The lowest BCUT2D eigenvalue weighted by atomic mass is 10.2. The van der Waals surface area contributed by atoms with E-state index in [1.807, 2.05) is 19.1 Å². The fraction of sp³-hybridized carbons (Fsp3) is 0.533. The number of rotatable bonds is 15. The van der Waals surface area contributed by atoms with Crippen molar-refractivity contribution < 1.29 is 17.9 Å². The van der Waals surface area contributed by atoms with E-state index in [0.717, 1.165) is 79.5 Å². The van der Waals surface area contributed by atoms with Gasteiger partial charge in [-0.25, -0.2) is 13.4 Å². The van der Waals surface area contributed by atoms with Gasteiger partial charge >= 0.3 is 0 Å². The summed E-state index contributed by atoms with van der Waals surface area (Å²) in [6.07, 6.45) is 3.53. The molecule has 224 valence electrons. The molecule has 1 aliphatic heterocycles. The van der Waals surface area contributed by atoms with E-state index in [0.29, 0.717) is 31.8 Å². The number of sulfonamides is 1. The Morgan fingerprint density at radius 2 is 1.68 bits per heavy atom. The highest BCUT2D eigenvalue weighted by atomic mass is 32.2. The van der Waals surface area contributed by atoms with Crippen LogP contribution in [0.4, 0.5) is 5.13 Å². The Bertz CT molecular complexity index is 1360. The first-order chi connectivity index (χ1) is 19.8. The van der Waals surface area contributed by atoms with Gasteiger partial charge in [0.25, 0.3) is 5.91 Å². The largest absolute Gasteiger partial charge is 0.494 e. The van der Waals surface area contributed by atoms with E-state index in [2.05, 4.69) is 35.0 Å². The highest BCUT2D eigenvalue weighted by Gasteiger charge is 2.24. The molecule has 9 nitrogen and oxygen atoms in total. The molecule has 0 atom stereocenters. The lowest BCUT2D eigenvalue weighted by Gasteiger charge is -2.34. The molecule has 0 spiro atoms. The van der Waals surface area contributed by atoms with E-state index in [1.165, 1.54) is 0 Å². The average molecular weight is 602 g/mol.